The Hall–Kier alpha value is -1.15. The van der Waals surface area contributed by atoms with Crippen molar-refractivity contribution in [3.8, 4) is 0 Å². The molecule has 1 aromatic heterocycles. The number of aromatic nitrogens is 1. The van der Waals surface area contributed by atoms with E-state index in [1.807, 2.05) is 6.20 Å². The molecular weight excluding hydrogens is 431 g/mol. The molecule has 1 heterocycles. The summed E-state index contributed by atoms with van der Waals surface area (Å²) in [5, 5.41) is 7.84. The van der Waals surface area contributed by atoms with Gasteiger partial charge in [0.05, 0.1) is 5.01 Å². The Morgan fingerprint density at radius 2 is 1.88 bits per heavy atom. The van der Waals surface area contributed by atoms with Crippen molar-refractivity contribution < 1.29 is 0 Å². The summed E-state index contributed by atoms with van der Waals surface area (Å²) in [5.74, 6) is 0.882. The van der Waals surface area contributed by atoms with Gasteiger partial charge in [-0.25, -0.2) is 4.98 Å². The van der Waals surface area contributed by atoms with Crippen molar-refractivity contribution in [1.29, 1.82) is 0 Å². The average Bonchev–Trinajstić information content (AvgIpc) is 2.95. The van der Waals surface area contributed by atoms with Crippen molar-refractivity contribution in [3.63, 3.8) is 0 Å². The average molecular weight is 458 g/mol. The van der Waals surface area contributed by atoms with Crippen LogP contribution in [0.2, 0.25) is 0 Å². The molecule has 0 unspecified atom stereocenters. The molecule has 0 aliphatic carbocycles. The van der Waals surface area contributed by atoms with Gasteiger partial charge < -0.3 is 10.6 Å². The van der Waals surface area contributed by atoms with Crippen LogP contribution in [0.1, 0.15) is 27.9 Å². The van der Waals surface area contributed by atoms with Crippen LogP contribution in [-0.2, 0) is 12.8 Å². The minimum atomic E-state index is 0. The molecule has 6 heteroatoms. The highest BCUT2D eigenvalue weighted by molar-refractivity contribution is 14.0. The maximum atomic E-state index is 4.62. The zero-order chi connectivity index (χ0) is 16.5. The molecule has 2 rings (SSSR count). The third kappa shape index (κ3) is 7.61. The Morgan fingerprint density at radius 3 is 2.50 bits per heavy atom. The Bertz CT molecular complexity index is 622. The maximum absolute atomic E-state index is 4.62. The van der Waals surface area contributed by atoms with E-state index in [4.69, 9.17) is 0 Å². The standard InChI is InChI=1S/C18H26N4S.HI/c1-4-19-18(21-12-10-17-22-13-15(3)23-17)20-11-9-16-7-5-14(2)6-8-16;/h5-8,13H,4,9-12H2,1-3H3,(H2,19,20,21);1H. The third-order valence-electron chi connectivity index (χ3n) is 3.44. The van der Waals surface area contributed by atoms with Crippen LogP contribution in [0.15, 0.2) is 35.5 Å². The first-order valence-corrected chi connectivity index (χ1v) is 8.98. The molecule has 132 valence electrons. The van der Waals surface area contributed by atoms with E-state index < -0.39 is 0 Å². The van der Waals surface area contributed by atoms with Crippen LogP contribution in [0.3, 0.4) is 0 Å². The lowest BCUT2D eigenvalue weighted by Crippen LogP contribution is -2.38. The van der Waals surface area contributed by atoms with E-state index in [9.17, 15) is 0 Å². The van der Waals surface area contributed by atoms with E-state index >= 15 is 0 Å². The highest BCUT2D eigenvalue weighted by atomic mass is 127. The first kappa shape index (κ1) is 20.9. The fraction of sp³-hybridized carbons (Fsp3) is 0.444. The number of nitrogens with zero attached hydrogens (tertiary/aromatic N) is 2. The van der Waals surface area contributed by atoms with Gasteiger partial charge in [0, 0.05) is 37.1 Å². The Labute approximate surface area is 166 Å². The van der Waals surface area contributed by atoms with Crippen LogP contribution in [0.5, 0.6) is 0 Å². The molecule has 0 atom stereocenters. The van der Waals surface area contributed by atoms with E-state index in [1.54, 1.807) is 11.3 Å². The molecule has 0 aliphatic heterocycles. The molecule has 0 spiro atoms. The van der Waals surface area contributed by atoms with Gasteiger partial charge in [0.25, 0.3) is 0 Å². The number of nitrogens with one attached hydrogen (secondary N) is 2. The van der Waals surface area contributed by atoms with Gasteiger partial charge in [-0.15, -0.1) is 35.3 Å². The SMILES string of the molecule is CCNC(=NCCc1ncc(C)s1)NCCc1ccc(C)cc1.I. The predicted molar refractivity (Wildman–Crippen MR) is 115 cm³/mol. The number of halogens is 1. The first-order valence-electron chi connectivity index (χ1n) is 8.16. The normalized spacial score (nSPS) is 11.0. The van der Waals surface area contributed by atoms with Gasteiger partial charge in [-0.1, -0.05) is 29.8 Å². The molecule has 0 amide bonds. The third-order valence-corrected chi connectivity index (χ3v) is 4.41. The molecule has 24 heavy (non-hydrogen) atoms. The molecule has 2 N–H and O–H groups in total. The smallest absolute Gasteiger partial charge is 0.191 e. The summed E-state index contributed by atoms with van der Waals surface area (Å²) in [5.41, 5.74) is 2.64. The van der Waals surface area contributed by atoms with Crippen LogP contribution in [0.4, 0.5) is 0 Å². The van der Waals surface area contributed by atoms with Gasteiger partial charge in [-0.3, -0.25) is 4.99 Å². The number of hydrogen-bond acceptors (Lipinski definition) is 3. The van der Waals surface area contributed by atoms with Crippen molar-refractivity contribution >= 4 is 41.3 Å². The minimum absolute atomic E-state index is 0. The summed E-state index contributed by atoms with van der Waals surface area (Å²) in [7, 11) is 0. The number of aliphatic imine (C=N–C) groups is 1. The van der Waals surface area contributed by atoms with Crippen LogP contribution in [0.25, 0.3) is 0 Å². The second-order valence-corrected chi connectivity index (χ2v) is 6.86. The van der Waals surface area contributed by atoms with Crippen LogP contribution in [0, 0.1) is 13.8 Å². The Kier molecular flexibility index (Phi) is 9.94. The van der Waals surface area contributed by atoms with E-state index in [2.05, 4.69) is 65.6 Å². The lowest BCUT2D eigenvalue weighted by Gasteiger charge is -2.11. The summed E-state index contributed by atoms with van der Waals surface area (Å²) >= 11 is 1.75. The zero-order valence-electron chi connectivity index (χ0n) is 14.6. The van der Waals surface area contributed by atoms with Crippen molar-refractivity contribution in [2.75, 3.05) is 19.6 Å². The highest BCUT2D eigenvalue weighted by Gasteiger charge is 2.00. The first-order chi connectivity index (χ1) is 11.2. The Morgan fingerprint density at radius 1 is 1.12 bits per heavy atom. The molecule has 1 aromatic carbocycles. The van der Waals surface area contributed by atoms with Crippen molar-refractivity contribution in [3.05, 3.63) is 51.5 Å². The maximum Gasteiger partial charge on any atom is 0.191 e. The largest absolute Gasteiger partial charge is 0.357 e. The van der Waals surface area contributed by atoms with Gasteiger partial charge in [-0.05, 0) is 32.8 Å². The number of guanidine groups is 1. The van der Waals surface area contributed by atoms with Crippen LogP contribution in [-0.4, -0.2) is 30.6 Å². The van der Waals surface area contributed by atoms with Gasteiger partial charge in [-0.2, -0.15) is 0 Å². The zero-order valence-corrected chi connectivity index (χ0v) is 17.8. The monoisotopic (exact) mass is 458 g/mol. The van der Waals surface area contributed by atoms with Gasteiger partial charge in [0.15, 0.2) is 5.96 Å². The quantitative estimate of drug-likeness (QED) is 0.378. The van der Waals surface area contributed by atoms with Gasteiger partial charge in [0.1, 0.15) is 0 Å². The summed E-state index contributed by atoms with van der Waals surface area (Å²) < 4.78 is 0. The number of aryl methyl sites for hydroxylation is 2. The van der Waals surface area contributed by atoms with E-state index in [-0.39, 0.29) is 24.0 Å². The van der Waals surface area contributed by atoms with E-state index in [1.165, 1.54) is 16.0 Å². The van der Waals surface area contributed by atoms with E-state index in [0.717, 1.165) is 43.4 Å². The lowest BCUT2D eigenvalue weighted by molar-refractivity contribution is 0.796. The van der Waals surface area contributed by atoms with Gasteiger partial charge >= 0.3 is 0 Å². The molecule has 0 aliphatic rings. The number of benzene rings is 1. The summed E-state index contributed by atoms with van der Waals surface area (Å²) in [6, 6.07) is 8.69. The second kappa shape index (κ2) is 11.4. The van der Waals surface area contributed by atoms with E-state index in [0.29, 0.717) is 0 Å². The molecule has 0 radical (unpaired) electrons. The lowest BCUT2D eigenvalue weighted by atomic mass is 10.1. The van der Waals surface area contributed by atoms with Gasteiger partial charge in [0.2, 0.25) is 0 Å². The fourth-order valence-corrected chi connectivity index (χ4v) is 2.98. The molecule has 4 nitrogen and oxygen atoms in total. The minimum Gasteiger partial charge on any atom is -0.357 e. The second-order valence-electron chi connectivity index (χ2n) is 5.54. The molecule has 0 fully saturated rings. The number of hydrogen-bond donors (Lipinski definition) is 2. The number of rotatable bonds is 7. The number of thiazole rings is 1. The molecular formula is C18H27IN4S. The fourth-order valence-electron chi connectivity index (χ4n) is 2.20. The summed E-state index contributed by atoms with van der Waals surface area (Å²) in [4.78, 5) is 10.3. The predicted octanol–water partition coefficient (Wildman–Crippen LogP) is 3.72. The molecule has 0 bridgehead atoms. The molecule has 2 aromatic rings. The topological polar surface area (TPSA) is 49.3 Å². The van der Waals surface area contributed by atoms with Crippen molar-refractivity contribution in [2.45, 2.75) is 33.6 Å². The van der Waals surface area contributed by atoms with Crippen LogP contribution < -0.4 is 10.6 Å². The van der Waals surface area contributed by atoms with Crippen molar-refractivity contribution in [2.24, 2.45) is 4.99 Å². The summed E-state index contributed by atoms with van der Waals surface area (Å²) in [6.45, 7) is 8.79. The van der Waals surface area contributed by atoms with Crippen molar-refractivity contribution in [1.82, 2.24) is 15.6 Å². The molecule has 0 saturated heterocycles. The van der Waals surface area contributed by atoms with Crippen LogP contribution >= 0.6 is 35.3 Å². The highest BCUT2D eigenvalue weighted by Crippen LogP contribution is 2.11. The molecule has 0 saturated carbocycles. The Balaban J connectivity index is 0.00000288. The summed E-state index contributed by atoms with van der Waals surface area (Å²) in [6.07, 6.45) is 3.82.